The number of carbonyl (C=O) groups is 1. The predicted octanol–water partition coefficient (Wildman–Crippen LogP) is 1.50. The fourth-order valence-corrected chi connectivity index (χ4v) is 2.16. The van der Waals surface area contributed by atoms with Crippen molar-refractivity contribution in [2.24, 2.45) is 0 Å². The quantitative estimate of drug-likeness (QED) is 0.744. The third-order valence-electron chi connectivity index (χ3n) is 3.46. The van der Waals surface area contributed by atoms with Gasteiger partial charge in [0, 0.05) is 18.5 Å². The summed E-state index contributed by atoms with van der Waals surface area (Å²) < 4.78 is 6.85. The van der Waals surface area contributed by atoms with Gasteiger partial charge in [-0.15, -0.1) is 0 Å². The number of hydrogen-bond donors (Lipinski definition) is 2. The second-order valence-electron chi connectivity index (χ2n) is 5.07. The second kappa shape index (κ2) is 6.82. The Morgan fingerprint density at radius 1 is 1.21 bits per heavy atom. The standard InChI is InChI=1S/C17H16N4O3/c1-24-15-5-3-14(4-6-15)21-9-8-13(20-21)11-19-17(23)12-2-7-16(22)18-10-12/h2-10H,11H2,1H3,(H,18,22)(H,19,23). The van der Waals surface area contributed by atoms with E-state index >= 15 is 0 Å². The number of carbonyl (C=O) groups excluding carboxylic acids is 1. The summed E-state index contributed by atoms with van der Waals surface area (Å²) in [6, 6.07) is 12.1. The van der Waals surface area contributed by atoms with Crippen LogP contribution in [0.2, 0.25) is 0 Å². The summed E-state index contributed by atoms with van der Waals surface area (Å²) in [6.07, 6.45) is 3.21. The van der Waals surface area contributed by atoms with Crippen molar-refractivity contribution in [2.45, 2.75) is 6.54 Å². The maximum atomic E-state index is 12.0. The first kappa shape index (κ1) is 15.5. The maximum absolute atomic E-state index is 12.0. The molecule has 0 spiro atoms. The van der Waals surface area contributed by atoms with Crippen LogP contribution in [0.1, 0.15) is 16.1 Å². The number of nitrogens with one attached hydrogen (secondary N) is 2. The predicted molar refractivity (Wildman–Crippen MR) is 88.3 cm³/mol. The van der Waals surface area contributed by atoms with E-state index in [1.54, 1.807) is 11.8 Å². The van der Waals surface area contributed by atoms with Gasteiger partial charge in [0.05, 0.1) is 30.6 Å². The van der Waals surface area contributed by atoms with Crippen molar-refractivity contribution in [1.82, 2.24) is 20.1 Å². The SMILES string of the molecule is COc1ccc(-n2ccc(CNC(=O)c3ccc(=O)[nH]c3)n2)cc1. The molecule has 122 valence electrons. The maximum Gasteiger partial charge on any atom is 0.253 e. The number of H-pyrrole nitrogens is 1. The third kappa shape index (κ3) is 3.52. The molecule has 0 fully saturated rings. The topological polar surface area (TPSA) is 89.0 Å². The summed E-state index contributed by atoms with van der Waals surface area (Å²) in [4.78, 5) is 25.5. The Labute approximate surface area is 137 Å². The number of ether oxygens (including phenoxy) is 1. The minimum absolute atomic E-state index is 0.246. The third-order valence-corrected chi connectivity index (χ3v) is 3.46. The zero-order chi connectivity index (χ0) is 16.9. The normalized spacial score (nSPS) is 10.4. The molecule has 0 saturated carbocycles. The molecule has 7 heteroatoms. The van der Waals surface area contributed by atoms with Gasteiger partial charge < -0.3 is 15.0 Å². The lowest BCUT2D eigenvalue weighted by molar-refractivity contribution is 0.0950. The Morgan fingerprint density at radius 2 is 2.00 bits per heavy atom. The van der Waals surface area contributed by atoms with Gasteiger partial charge in [-0.05, 0) is 36.4 Å². The van der Waals surface area contributed by atoms with Crippen molar-refractivity contribution in [3.8, 4) is 11.4 Å². The van der Waals surface area contributed by atoms with Gasteiger partial charge in [0.15, 0.2) is 0 Å². The Morgan fingerprint density at radius 3 is 2.67 bits per heavy atom. The largest absolute Gasteiger partial charge is 0.497 e. The van der Waals surface area contributed by atoms with Gasteiger partial charge in [-0.1, -0.05) is 0 Å². The molecule has 24 heavy (non-hydrogen) atoms. The number of aromatic amines is 1. The number of amides is 1. The highest BCUT2D eigenvalue weighted by Gasteiger charge is 2.07. The number of aromatic nitrogens is 3. The molecule has 0 atom stereocenters. The fourth-order valence-electron chi connectivity index (χ4n) is 2.16. The van der Waals surface area contributed by atoms with Crippen LogP contribution in [-0.2, 0) is 6.54 Å². The first-order valence-corrected chi connectivity index (χ1v) is 7.31. The van der Waals surface area contributed by atoms with Crippen LogP contribution in [0.25, 0.3) is 5.69 Å². The lowest BCUT2D eigenvalue weighted by Gasteiger charge is -2.04. The Bertz CT molecular complexity index is 876. The number of methoxy groups -OCH3 is 1. The molecule has 0 aliphatic carbocycles. The van der Waals surface area contributed by atoms with Gasteiger partial charge in [-0.3, -0.25) is 9.59 Å². The number of pyridine rings is 1. The molecule has 0 radical (unpaired) electrons. The van der Waals surface area contributed by atoms with Crippen molar-refractivity contribution >= 4 is 5.91 Å². The fraction of sp³-hybridized carbons (Fsp3) is 0.118. The van der Waals surface area contributed by atoms with Crippen molar-refractivity contribution in [2.75, 3.05) is 7.11 Å². The summed E-state index contributed by atoms with van der Waals surface area (Å²) in [6.45, 7) is 0.293. The first-order valence-electron chi connectivity index (χ1n) is 7.31. The van der Waals surface area contributed by atoms with Crippen LogP contribution < -0.4 is 15.6 Å². The van der Waals surface area contributed by atoms with Crippen LogP contribution in [0.3, 0.4) is 0 Å². The smallest absolute Gasteiger partial charge is 0.253 e. The van der Waals surface area contributed by atoms with Crippen molar-refractivity contribution in [3.05, 3.63) is 76.5 Å². The van der Waals surface area contributed by atoms with Gasteiger partial charge in [0.2, 0.25) is 5.56 Å². The molecule has 7 nitrogen and oxygen atoms in total. The second-order valence-corrected chi connectivity index (χ2v) is 5.07. The monoisotopic (exact) mass is 324 g/mol. The van der Waals surface area contributed by atoms with E-state index in [1.165, 1.54) is 18.3 Å². The van der Waals surface area contributed by atoms with E-state index in [0.717, 1.165) is 17.1 Å². The van der Waals surface area contributed by atoms with Crippen LogP contribution in [0, 0.1) is 0 Å². The van der Waals surface area contributed by atoms with E-state index in [0.29, 0.717) is 12.1 Å². The number of rotatable bonds is 5. The lowest BCUT2D eigenvalue weighted by atomic mass is 10.2. The highest BCUT2D eigenvalue weighted by Crippen LogP contribution is 2.14. The average molecular weight is 324 g/mol. The molecular weight excluding hydrogens is 308 g/mol. The summed E-state index contributed by atoms with van der Waals surface area (Å²) >= 11 is 0. The number of nitrogens with zero attached hydrogens (tertiary/aromatic N) is 2. The highest BCUT2D eigenvalue weighted by atomic mass is 16.5. The summed E-state index contributed by atoms with van der Waals surface area (Å²) in [5.74, 6) is 0.504. The summed E-state index contributed by atoms with van der Waals surface area (Å²) in [5, 5.41) is 7.18. The molecule has 2 N–H and O–H groups in total. The van der Waals surface area contributed by atoms with Gasteiger partial charge in [-0.2, -0.15) is 5.10 Å². The molecule has 0 aliphatic rings. The van der Waals surface area contributed by atoms with Gasteiger partial charge in [0.25, 0.3) is 5.91 Å². The Balaban J connectivity index is 1.64. The van der Waals surface area contributed by atoms with Crippen LogP contribution in [0.4, 0.5) is 0 Å². The molecule has 3 rings (SSSR count). The average Bonchev–Trinajstić information content (AvgIpc) is 3.09. The van der Waals surface area contributed by atoms with E-state index in [-0.39, 0.29) is 11.5 Å². The van der Waals surface area contributed by atoms with Gasteiger partial charge >= 0.3 is 0 Å². The van der Waals surface area contributed by atoms with Gasteiger partial charge in [-0.25, -0.2) is 4.68 Å². The molecule has 0 bridgehead atoms. The molecule has 2 aromatic heterocycles. The van der Waals surface area contributed by atoms with E-state index in [2.05, 4.69) is 15.4 Å². The minimum Gasteiger partial charge on any atom is -0.497 e. The number of benzene rings is 1. The molecule has 1 amide bonds. The zero-order valence-corrected chi connectivity index (χ0v) is 13.0. The van der Waals surface area contributed by atoms with E-state index in [9.17, 15) is 9.59 Å². The van der Waals surface area contributed by atoms with Crippen molar-refractivity contribution in [3.63, 3.8) is 0 Å². The Hall–Kier alpha value is -3.35. The molecule has 3 aromatic rings. The molecule has 1 aromatic carbocycles. The highest BCUT2D eigenvalue weighted by molar-refractivity contribution is 5.93. The Kier molecular flexibility index (Phi) is 4.42. The van der Waals surface area contributed by atoms with Gasteiger partial charge in [0.1, 0.15) is 5.75 Å². The number of hydrogen-bond acceptors (Lipinski definition) is 4. The minimum atomic E-state index is -0.273. The summed E-state index contributed by atoms with van der Waals surface area (Å²) in [7, 11) is 1.62. The van der Waals surface area contributed by atoms with Crippen LogP contribution in [-0.4, -0.2) is 27.8 Å². The zero-order valence-electron chi connectivity index (χ0n) is 13.0. The first-order chi connectivity index (χ1) is 11.7. The molecule has 0 saturated heterocycles. The molecule has 2 heterocycles. The van der Waals surface area contributed by atoms with Crippen LogP contribution in [0.15, 0.2) is 59.7 Å². The lowest BCUT2D eigenvalue weighted by Crippen LogP contribution is -2.24. The van der Waals surface area contributed by atoms with Crippen molar-refractivity contribution < 1.29 is 9.53 Å². The van der Waals surface area contributed by atoms with E-state index < -0.39 is 0 Å². The molecule has 0 unspecified atom stereocenters. The molecule has 0 aliphatic heterocycles. The van der Waals surface area contributed by atoms with Crippen LogP contribution >= 0.6 is 0 Å². The van der Waals surface area contributed by atoms with E-state index in [1.807, 2.05) is 36.5 Å². The summed E-state index contributed by atoms with van der Waals surface area (Å²) in [5.41, 5.74) is 1.77. The van der Waals surface area contributed by atoms with Crippen LogP contribution in [0.5, 0.6) is 5.75 Å². The van der Waals surface area contributed by atoms with Crippen molar-refractivity contribution in [1.29, 1.82) is 0 Å². The molecular formula is C17H16N4O3. The van der Waals surface area contributed by atoms with E-state index in [4.69, 9.17) is 4.74 Å².